The molecule has 3 aromatic carbocycles. The zero-order valence-corrected chi connectivity index (χ0v) is 24.0. The van der Waals surface area contributed by atoms with Gasteiger partial charge in [0.2, 0.25) is 0 Å². The van der Waals surface area contributed by atoms with Gasteiger partial charge in [0.1, 0.15) is 5.75 Å². The van der Waals surface area contributed by atoms with Gasteiger partial charge in [-0.1, -0.05) is 12.1 Å². The number of hydrogen-bond donors (Lipinski definition) is 0. The fourth-order valence-electron chi connectivity index (χ4n) is 5.13. The summed E-state index contributed by atoms with van der Waals surface area (Å²) in [6, 6.07) is 15.3. The Bertz CT molecular complexity index is 1330. The Morgan fingerprint density at radius 3 is 2.12 bits per heavy atom. The van der Waals surface area contributed by atoms with E-state index in [-0.39, 0.29) is 23.3 Å². The van der Waals surface area contributed by atoms with E-state index in [1.54, 1.807) is 17.0 Å². The molecular weight excluding hydrogens is 532 g/mol. The number of carbonyl (C=O) groups excluding carboxylic acids is 1. The normalized spacial score (nSPS) is 14.4. The SMILES string of the molecule is CCOc1ccc(CC2c3cc(OCC)c(OCC)cc3CCN2C(=O)c2cccc(OC(F)F)c2)cc1OCC. The molecule has 0 saturated heterocycles. The molecule has 7 nitrogen and oxygen atoms in total. The summed E-state index contributed by atoms with van der Waals surface area (Å²) in [7, 11) is 0. The number of rotatable bonds is 13. The summed E-state index contributed by atoms with van der Waals surface area (Å²) in [5.41, 5.74) is 3.24. The molecule has 1 unspecified atom stereocenters. The molecule has 1 aliphatic heterocycles. The summed E-state index contributed by atoms with van der Waals surface area (Å²) in [6.45, 7) is 7.06. The second-order valence-electron chi connectivity index (χ2n) is 9.39. The summed E-state index contributed by atoms with van der Waals surface area (Å²) in [4.78, 5) is 15.7. The van der Waals surface area contributed by atoms with Crippen molar-refractivity contribution in [2.75, 3.05) is 33.0 Å². The monoisotopic (exact) mass is 569 g/mol. The fraction of sp³-hybridized carbons (Fsp3) is 0.406. The number of amides is 1. The second-order valence-corrected chi connectivity index (χ2v) is 9.39. The molecule has 220 valence electrons. The van der Waals surface area contributed by atoms with Gasteiger partial charge in [-0.3, -0.25) is 4.79 Å². The lowest BCUT2D eigenvalue weighted by Gasteiger charge is -2.38. The zero-order valence-electron chi connectivity index (χ0n) is 24.0. The molecule has 9 heteroatoms. The van der Waals surface area contributed by atoms with Crippen LogP contribution in [0.2, 0.25) is 0 Å². The van der Waals surface area contributed by atoms with E-state index in [0.717, 1.165) is 16.7 Å². The topological polar surface area (TPSA) is 66.5 Å². The maximum atomic E-state index is 13.9. The lowest BCUT2D eigenvalue weighted by Crippen LogP contribution is -2.41. The van der Waals surface area contributed by atoms with Crippen LogP contribution in [-0.2, 0) is 12.8 Å². The lowest BCUT2D eigenvalue weighted by atomic mass is 9.87. The molecule has 0 aromatic heterocycles. The first-order valence-corrected chi connectivity index (χ1v) is 14.0. The van der Waals surface area contributed by atoms with Crippen LogP contribution in [0.5, 0.6) is 28.7 Å². The first-order valence-electron chi connectivity index (χ1n) is 14.0. The third-order valence-electron chi connectivity index (χ3n) is 6.77. The molecule has 4 rings (SSSR count). The summed E-state index contributed by atoms with van der Waals surface area (Å²) in [6.07, 6.45) is 1.09. The van der Waals surface area contributed by atoms with Crippen LogP contribution in [0.3, 0.4) is 0 Å². The van der Waals surface area contributed by atoms with Crippen molar-refractivity contribution in [3.63, 3.8) is 0 Å². The molecule has 1 heterocycles. The van der Waals surface area contributed by atoms with Crippen molar-refractivity contribution in [1.82, 2.24) is 4.90 Å². The molecule has 0 fully saturated rings. The number of ether oxygens (including phenoxy) is 5. The van der Waals surface area contributed by atoms with Crippen molar-refractivity contribution in [3.05, 3.63) is 76.9 Å². The molecule has 0 radical (unpaired) electrons. The minimum Gasteiger partial charge on any atom is -0.490 e. The second kappa shape index (κ2) is 14.1. The van der Waals surface area contributed by atoms with Gasteiger partial charge < -0.3 is 28.6 Å². The van der Waals surface area contributed by atoms with Crippen molar-refractivity contribution in [2.24, 2.45) is 0 Å². The average molecular weight is 570 g/mol. The summed E-state index contributed by atoms with van der Waals surface area (Å²) >= 11 is 0. The smallest absolute Gasteiger partial charge is 0.387 e. The summed E-state index contributed by atoms with van der Waals surface area (Å²) in [5.74, 6) is 2.24. The Balaban J connectivity index is 1.77. The summed E-state index contributed by atoms with van der Waals surface area (Å²) in [5, 5.41) is 0. The molecule has 0 bridgehead atoms. The van der Waals surface area contributed by atoms with Gasteiger partial charge in [-0.2, -0.15) is 8.78 Å². The summed E-state index contributed by atoms with van der Waals surface area (Å²) < 4.78 is 53.7. The van der Waals surface area contributed by atoms with Gasteiger partial charge in [0.05, 0.1) is 32.5 Å². The van der Waals surface area contributed by atoms with Crippen LogP contribution in [-0.4, -0.2) is 50.4 Å². The van der Waals surface area contributed by atoms with Gasteiger partial charge >= 0.3 is 6.61 Å². The van der Waals surface area contributed by atoms with E-state index in [1.807, 2.05) is 58.0 Å². The molecular formula is C32H37F2NO6. The Morgan fingerprint density at radius 2 is 1.46 bits per heavy atom. The molecule has 0 saturated carbocycles. The molecule has 0 aliphatic carbocycles. The molecule has 0 N–H and O–H groups in total. The minimum atomic E-state index is -2.98. The number of fused-ring (bicyclic) bond motifs is 1. The third-order valence-corrected chi connectivity index (χ3v) is 6.77. The number of alkyl halides is 2. The largest absolute Gasteiger partial charge is 0.490 e. The van der Waals surface area contributed by atoms with Crippen LogP contribution in [0.4, 0.5) is 8.78 Å². The molecule has 1 aliphatic rings. The Hall–Kier alpha value is -4.01. The van der Waals surface area contributed by atoms with Crippen molar-refractivity contribution in [2.45, 2.75) is 53.2 Å². The van der Waals surface area contributed by atoms with Crippen LogP contribution in [0.1, 0.15) is 60.8 Å². The fourth-order valence-corrected chi connectivity index (χ4v) is 5.13. The highest BCUT2D eigenvalue weighted by atomic mass is 19.3. The van der Waals surface area contributed by atoms with Gasteiger partial charge in [0.15, 0.2) is 23.0 Å². The quantitative estimate of drug-likeness (QED) is 0.224. The van der Waals surface area contributed by atoms with Crippen molar-refractivity contribution >= 4 is 5.91 Å². The predicted molar refractivity (Wildman–Crippen MR) is 152 cm³/mol. The highest BCUT2D eigenvalue weighted by Gasteiger charge is 2.33. The van der Waals surface area contributed by atoms with Gasteiger partial charge in [-0.05, 0) is 99.7 Å². The van der Waals surface area contributed by atoms with Crippen molar-refractivity contribution in [3.8, 4) is 28.7 Å². The van der Waals surface area contributed by atoms with Gasteiger partial charge in [-0.25, -0.2) is 0 Å². The number of nitrogens with zero attached hydrogens (tertiary/aromatic N) is 1. The molecule has 0 spiro atoms. The van der Waals surface area contributed by atoms with E-state index in [1.165, 1.54) is 12.1 Å². The van der Waals surface area contributed by atoms with Crippen LogP contribution >= 0.6 is 0 Å². The minimum absolute atomic E-state index is 0.0623. The number of benzene rings is 3. The number of carbonyl (C=O) groups is 1. The third kappa shape index (κ3) is 7.20. The van der Waals surface area contributed by atoms with Gasteiger partial charge in [0, 0.05) is 12.1 Å². The maximum Gasteiger partial charge on any atom is 0.387 e. The lowest BCUT2D eigenvalue weighted by molar-refractivity contribution is -0.0499. The van der Waals surface area contributed by atoms with Crippen LogP contribution < -0.4 is 23.7 Å². The zero-order chi connectivity index (χ0) is 29.4. The Labute approximate surface area is 239 Å². The van der Waals surface area contributed by atoms with E-state index >= 15 is 0 Å². The van der Waals surface area contributed by atoms with Crippen LogP contribution in [0.25, 0.3) is 0 Å². The molecule has 1 amide bonds. The van der Waals surface area contributed by atoms with Gasteiger partial charge in [0.25, 0.3) is 5.91 Å². The van der Waals surface area contributed by atoms with E-state index < -0.39 is 6.61 Å². The van der Waals surface area contributed by atoms with Gasteiger partial charge in [-0.15, -0.1) is 0 Å². The maximum absolute atomic E-state index is 13.9. The highest BCUT2D eigenvalue weighted by Crippen LogP contribution is 2.41. The Kier molecular flexibility index (Phi) is 10.3. The van der Waals surface area contributed by atoms with Crippen molar-refractivity contribution < 1.29 is 37.3 Å². The first-order chi connectivity index (χ1) is 19.9. The highest BCUT2D eigenvalue weighted by molar-refractivity contribution is 5.95. The van der Waals surface area contributed by atoms with E-state index in [0.29, 0.717) is 68.8 Å². The van der Waals surface area contributed by atoms with Crippen LogP contribution in [0.15, 0.2) is 54.6 Å². The first kappa shape index (κ1) is 30.0. The predicted octanol–water partition coefficient (Wildman–Crippen LogP) is 6.87. The number of halogens is 2. The molecule has 1 atom stereocenters. The van der Waals surface area contributed by atoms with E-state index in [4.69, 9.17) is 18.9 Å². The van der Waals surface area contributed by atoms with E-state index in [9.17, 15) is 13.6 Å². The molecule has 41 heavy (non-hydrogen) atoms. The Morgan fingerprint density at radius 1 is 0.829 bits per heavy atom. The molecule has 3 aromatic rings. The van der Waals surface area contributed by atoms with Crippen molar-refractivity contribution in [1.29, 1.82) is 0 Å². The van der Waals surface area contributed by atoms with Crippen LogP contribution in [0, 0.1) is 0 Å². The number of hydrogen-bond acceptors (Lipinski definition) is 6. The van der Waals surface area contributed by atoms with E-state index in [2.05, 4.69) is 4.74 Å². The average Bonchev–Trinajstić information content (AvgIpc) is 2.95. The standard InChI is InChI=1S/C32H37F2NO6/c1-5-37-27-13-12-21(17-28(27)38-6-2)16-26-25-20-30(40-8-4)29(39-7-3)19-22(25)14-15-35(26)31(36)23-10-9-11-24(18-23)41-32(33)34/h9-13,17-20,26,32H,5-8,14-16H2,1-4H3.